The van der Waals surface area contributed by atoms with Gasteiger partial charge in [0.05, 0.1) is 21.8 Å². The largest absolute Gasteiger partial charge is 0.326 e. The summed E-state index contributed by atoms with van der Waals surface area (Å²) >= 11 is 0. The van der Waals surface area contributed by atoms with Crippen molar-refractivity contribution in [2.75, 3.05) is 20.7 Å². The molecule has 0 unspecified atom stereocenters. The summed E-state index contributed by atoms with van der Waals surface area (Å²) in [6.45, 7) is 6.69. The lowest BCUT2D eigenvalue weighted by Gasteiger charge is -2.18. The Morgan fingerprint density at radius 1 is 0.722 bits per heavy atom. The average molecular weight is 509 g/mol. The molecule has 3 aromatic carbocycles. The molecule has 3 amide bonds. The van der Waals surface area contributed by atoms with Crippen LogP contribution in [-0.4, -0.2) is 26.1 Å². The smallest absolute Gasteiger partial charge is 0.261 e. The second kappa shape index (κ2) is 10.6. The van der Waals surface area contributed by atoms with E-state index < -0.39 is 21.3 Å². The Hall–Kier alpha value is -4.18. The zero-order valence-corrected chi connectivity index (χ0v) is 21.2. The maximum absolute atomic E-state index is 12.9. The van der Waals surface area contributed by atoms with Gasteiger partial charge in [-0.3, -0.25) is 19.1 Å². The van der Waals surface area contributed by atoms with E-state index in [-0.39, 0.29) is 28.0 Å². The lowest BCUT2D eigenvalue weighted by atomic mass is 9.95. The number of amides is 3. The van der Waals surface area contributed by atoms with Crippen molar-refractivity contribution in [1.29, 1.82) is 0 Å². The van der Waals surface area contributed by atoms with Gasteiger partial charge in [0.15, 0.2) is 0 Å². The first kappa shape index (κ1) is 26.4. The summed E-state index contributed by atoms with van der Waals surface area (Å²) in [5, 5.41) is 8.06. The zero-order chi connectivity index (χ0) is 26.5. The highest BCUT2D eigenvalue weighted by molar-refractivity contribution is 7.92. The molecule has 188 valence electrons. The van der Waals surface area contributed by atoms with Crippen molar-refractivity contribution in [3.8, 4) is 0 Å². The molecular weight excluding hydrogens is 480 g/mol. The Labute approximate surface area is 210 Å². The van der Waals surface area contributed by atoms with Crippen LogP contribution in [-0.2, 0) is 19.6 Å². The summed E-state index contributed by atoms with van der Waals surface area (Å²) in [4.78, 5) is 36.3. The van der Waals surface area contributed by atoms with Crippen LogP contribution in [0.15, 0.2) is 77.7 Å². The predicted molar refractivity (Wildman–Crippen MR) is 140 cm³/mol. The second-order valence-electron chi connectivity index (χ2n) is 9.10. The second-order valence-corrected chi connectivity index (χ2v) is 10.8. The number of carbonyl (C=O) groups is 3. The molecule has 0 spiro atoms. The minimum Gasteiger partial charge on any atom is -0.326 e. The summed E-state index contributed by atoms with van der Waals surface area (Å²) in [5.41, 5.74) is 1.17. The number of nitrogens with one attached hydrogen (secondary N) is 4. The molecule has 0 aliphatic carbocycles. The molecule has 3 aromatic rings. The summed E-state index contributed by atoms with van der Waals surface area (Å²) in [6, 6.07) is 18.6. The van der Waals surface area contributed by atoms with Gasteiger partial charge in [-0.25, -0.2) is 8.42 Å². The molecule has 0 saturated heterocycles. The van der Waals surface area contributed by atoms with E-state index in [0.29, 0.717) is 17.1 Å². The first-order valence-electron chi connectivity index (χ1n) is 11.1. The van der Waals surface area contributed by atoms with E-state index in [1.165, 1.54) is 37.3 Å². The molecule has 36 heavy (non-hydrogen) atoms. The third-order valence-electron chi connectivity index (χ3n) is 4.96. The average Bonchev–Trinajstić information content (AvgIpc) is 2.78. The molecule has 10 heteroatoms. The topological polar surface area (TPSA) is 133 Å². The van der Waals surface area contributed by atoms with Gasteiger partial charge in [-0.05, 0) is 54.6 Å². The highest BCUT2D eigenvalue weighted by Gasteiger charge is 2.21. The van der Waals surface area contributed by atoms with Crippen molar-refractivity contribution >= 4 is 50.5 Å². The maximum atomic E-state index is 12.9. The van der Waals surface area contributed by atoms with Gasteiger partial charge < -0.3 is 16.0 Å². The van der Waals surface area contributed by atoms with Gasteiger partial charge in [0, 0.05) is 23.7 Å². The number of sulfonamides is 1. The number of rotatable bonds is 7. The van der Waals surface area contributed by atoms with E-state index in [4.69, 9.17) is 0 Å². The zero-order valence-electron chi connectivity index (χ0n) is 20.4. The molecule has 3 rings (SSSR count). The molecule has 0 heterocycles. The maximum Gasteiger partial charge on any atom is 0.261 e. The van der Waals surface area contributed by atoms with Gasteiger partial charge in [-0.1, -0.05) is 39.0 Å². The van der Waals surface area contributed by atoms with Crippen LogP contribution in [0.2, 0.25) is 0 Å². The predicted octanol–water partition coefficient (Wildman–Crippen LogP) is 4.68. The molecule has 0 fully saturated rings. The fourth-order valence-electron chi connectivity index (χ4n) is 3.09. The van der Waals surface area contributed by atoms with E-state index >= 15 is 0 Å². The van der Waals surface area contributed by atoms with E-state index in [1.54, 1.807) is 63.2 Å². The Balaban J connectivity index is 1.71. The molecule has 4 N–H and O–H groups in total. The number of benzene rings is 3. The van der Waals surface area contributed by atoms with Crippen molar-refractivity contribution < 1.29 is 22.8 Å². The molecule has 9 nitrogen and oxygen atoms in total. The number of hydrogen-bond donors (Lipinski definition) is 4. The van der Waals surface area contributed by atoms with Crippen LogP contribution in [0.5, 0.6) is 0 Å². The Kier molecular flexibility index (Phi) is 7.79. The van der Waals surface area contributed by atoms with E-state index in [1.807, 2.05) is 0 Å². The molecule has 0 aliphatic rings. The summed E-state index contributed by atoms with van der Waals surface area (Å²) in [5.74, 6) is -0.957. The third kappa shape index (κ3) is 6.92. The van der Waals surface area contributed by atoms with Gasteiger partial charge in [-0.2, -0.15) is 0 Å². The van der Waals surface area contributed by atoms with Crippen LogP contribution in [0.3, 0.4) is 0 Å². The monoisotopic (exact) mass is 508 g/mol. The fourth-order valence-corrected chi connectivity index (χ4v) is 4.14. The SMILES string of the molecule is CC(=O)Nc1ccccc1C(=O)Nc1ccc(S(=O)(=O)Nc2cccc(NC(=O)C(C)(C)C)c2)cc1. The number of anilines is 4. The minimum atomic E-state index is -3.93. The quantitative estimate of drug-likeness (QED) is 0.368. The summed E-state index contributed by atoms with van der Waals surface area (Å²) in [6.07, 6.45) is 0. The Morgan fingerprint density at radius 3 is 2.00 bits per heavy atom. The highest BCUT2D eigenvalue weighted by Crippen LogP contribution is 2.23. The molecule has 0 aromatic heterocycles. The van der Waals surface area contributed by atoms with Gasteiger partial charge in [0.1, 0.15) is 0 Å². The van der Waals surface area contributed by atoms with Crippen LogP contribution in [0.4, 0.5) is 22.7 Å². The van der Waals surface area contributed by atoms with Gasteiger partial charge in [0.2, 0.25) is 11.8 Å². The van der Waals surface area contributed by atoms with Crippen LogP contribution in [0.25, 0.3) is 0 Å². The standard InChI is InChI=1S/C26H28N4O5S/c1-17(31)27-23-11-6-5-10-22(23)24(32)28-18-12-14-21(15-13-18)36(34,35)30-20-9-7-8-19(16-20)29-25(33)26(2,3)4/h5-16,30H,1-4H3,(H,27,31)(H,28,32)(H,29,33). The first-order valence-corrected chi connectivity index (χ1v) is 12.6. The van der Waals surface area contributed by atoms with E-state index in [0.717, 1.165) is 0 Å². The molecular formula is C26H28N4O5S. The van der Waals surface area contributed by atoms with E-state index in [9.17, 15) is 22.8 Å². The number of hydrogen-bond acceptors (Lipinski definition) is 5. The lowest BCUT2D eigenvalue weighted by Crippen LogP contribution is -2.27. The third-order valence-corrected chi connectivity index (χ3v) is 6.36. The Morgan fingerprint density at radius 2 is 1.36 bits per heavy atom. The first-order chi connectivity index (χ1) is 16.8. The van der Waals surface area contributed by atoms with Crippen LogP contribution in [0.1, 0.15) is 38.1 Å². The molecule has 0 bridgehead atoms. The number of para-hydroxylation sites is 1. The van der Waals surface area contributed by atoms with Crippen molar-refractivity contribution in [3.05, 3.63) is 78.4 Å². The Bertz CT molecular complexity index is 1390. The minimum absolute atomic E-state index is 0.0109. The summed E-state index contributed by atoms with van der Waals surface area (Å²) < 4.78 is 28.2. The van der Waals surface area contributed by atoms with Gasteiger partial charge in [0.25, 0.3) is 15.9 Å². The van der Waals surface area contributed by atoms with Crippen LogP contribution < -0.4 is 20.7 Å². The van der Waals surface area contributed by atoms with Crippen molar-refractivity contribution in [1.82, 2.24) is 0 Å². The van der Waals surface area contributed by atoms with Crippen molar-refractivity contribution in [2.24, 2.45) is 5.41 Å². The van der Waals surface area contributed by atoms with Gasteiger partial charge >= 0.3 is 0 Å². The van der Waals surface area contributed by atoms with Gasteiger partial charge in [-0.15, -0.1) is 0 Å². The number of carbonyl (C=O) groups excluding carboxylic acids is 3. The van der Waals surface area contributed by atoms with Crippen LogP contribution in [0, 0.1) is 5.41 Å². The molecule has 0 atom stereocenters. The lowest BCUT2D eigenvalue weighted by molar-refractivity contribution is -0.123. The summed E-state index contributed by atoms with van der Waals surface area (Å²) in [7, 11) is -3.93. The fraction of sp³-hybridized carbons (Fsp3) is 0.192. The van der Waals surface area contributed by atoms with Crippen molar-refractivity contribution in [2.45, 2.75) is 32.6 Å². The molecule has 0 radical (unpaired) electrons. The molecule has 0 saturated carbocycles. The molecule has 0 aliphatic heterocycles. The van der Waals surface area contributed by atoms with Crippen LogP contribution >= 0.6 is 0 Å². The van der Waals surface area contributed by atoms with Crippen molar-refractivity contribution in [3.63, 3.8) is 0 Å². The van der Waals surface area contributed by atoms with E-state index in [2.05, 4.69) is 20.7 Å². The normalized spacial score (nSPS) is 11.3. The highest BCUT2D eigenvalue weighted by atomic mass is 32.2.